The van der Waals surface area contributed by atoms with E-state index >= 15 is 0 Å². The minimum atomic E-state index is -0.573. The van der Waals surface area contributed by atoms with E-state index < -0.39 is 5.91 Å². The summed E-state index contributed by atoms with van der Waals surface area (Å²) in [5.74, 6) is 0.213. The normalized spacial score (nSPS) is 12.0. The molecule has 0 heterocycles. The summed E-state index contributed by atoms with van der Waals surface area (Å²) in [5.41, 5.74) is 6.02. The van der Waals surface area contributed by atoms with Gasteiger partial charge >= 0.3 is 0 Å². The standard InChI is InChI=1S/C15H23ClN2O4/c1-10(4-5-20-2)18-8-11-6-12(16)15(13(7-11)21-3)22-9-14(17)19/h6-7,10,18H,4-5,8-9H2,1-3H3,(H2,17,19). The van der Waals surface area contributed by atoms with Crippen LogP contribution in [0.2, 0.25) is 5.02 Å². The molecule has 0 aliphatic rings. The molecule has 124 valence electrons. The molecule has 0 aliphatic heterocycles. The molecule has 1 atom stereocenters. The van der Waals surface area contributed by atoms with Crippen molar-refractivity contribution in [3.8, 4) is 11.5 Å². The molecule has 0 aromatic heterocycles. The highest BCUT2D eigenvalue weighted by molar-refractivity contribution is 6.32. The number of primary amides is 1. The first kappa shape index (κ1) is 18.5. The minimum Gasteiger partial charge on any atom is -0.493 e. The lowest BCUT2D eigenvalue weighted by molar-refractivity contribution is -0.119. The van der Waals surface area contributed by atoms with Gasteiger partial charge in [-0.3, -0.25) is 4.79 Å². The molecule has 7 heteroatoms. The monoisotopic (exact) mass is 330 g/mol. The highest BCUT2D eigenvalue weighted by Gasteiger charge is 2.13. The summed E-state index contributed by atoms with van der Waals surface area (Å²) in [6, 6.07) is 3.91. The Morgan fingerprint density at radius 2 is 2.14 bits per heavy atom. The number of ether oxygens (including phenoxy) is 3. The predicted octanol–water partition coefficient (Wildman–Crippen LogP) is 1.73. The van der Waals surface area contributed by atoms with Gasteiger partial charge in [0.1, 0.15) is 0 Å². The number of rotatable bonds is 10. The van der Waals surface area contributed by atoms with Crippen LogP contribution < -0.4 is 20.5 Å². The molecule has 0 fully saturated rings. The smallest absolute Gasteiger partial charge is 0.255 e. The molecule has 1 rings (SSSR count). The van der Waals surface area contributed by atoms with E-state index in [1.807, 2.05) is 6.07 Å². The first-order valence-corrected chi connectivity index (χ1v) is 7.35. The van der Waals surface area contributed by atoms with Gasteiger partial charge in [0, 0.05) is 26.3 Å². The van der Waals surface area contributed by atoms with Gasteiger partial charge in [0.15, 0.2) is 18.1 Å². The fourth-order valence-electron chi connectivity index (χ4n) is 1.85. The quantitative estimate of drug-likeness (QED) is 0.682. The van der Waals surface area contributed by atoms with Crippen LogP contribution >= 0.6 is 11.6 Å². The SMILES string of the molecule is COCCC(C)NCc1cc(Cl)c(OCC(N)=O)c(OC)c1. The average molecular weight is 331 g/mol. The minimum absolute atomic E-state index is 0.248. The van der Waals surface area contributed by atoms with E-state index in [1.165, 1.54) is 7.11 Å². The first-order valence-electron chi connectivity index (χ1n) is 6.97. The van der Waals surface area contributed by atoms with Gasteiger partial charge in [-0.05, 0) is 31.0 Å². The topological polar surface area (TPSA) is 82.8 Å². The van der Waals surface area contributed by atoms with E-state index in [0.717, 1.165) is 12.0 Å². The number of halogens is 1. The number of benzene rings is 1. The number of carbonyl (C=O) groups is 1. The number of hydrogen-bond donors (Lipinski definition) is 2. The van der Waals surface area contributed by atoms with Crippen LogP contribution in [0.1, 0.15) is 18.9 Å². The zero-order valence-electron chi connectivity index (χ0n) is 13.1. The van der Waals surface area contributed by atoms with Gasteiger partial charge in [0.25, 0.3) is 5.91 Å². The van der Waals surface area contributed by atoms with Crippen LogP contribution in [0.4, 0.5) is 0 Å². The van der Waals surface area contributed by atoms with Gasteiger partial charge in [-0.15, -0.1) is 0 Å². The van der Waals surface area contributed by atoms with E-state index in [-0.39, 0.29) is 6.61 Å². The second-order valence-electron chi connectivity index (χ2n) is 4.93. The van der Waals surface area contributed by atoms with Crippen molar-refractivity contribution in [2.75, 3.05) is 27.4 Å². The Labute approximate surface area is 135 Å². The molecule has 1 unspecified atom stereocenters. The Hall–Kier alpha value is -1.50. The molecule has 22 heavy (non-hydrogen) atoms. The summed E-state index contributed by atoms with van der Waals surface area (Å²) in [4.78, 5) is 10.8. The summed E-state index contributed by atoms with van der Waals surface area (Å²) in [5, 5.41) is 3.75. The second kappa shape index (κ2) is 9.50. The van der Waals surface area contributed by atoms with Gasteiger partial charge in [-0.2, -0.15) is 0 Å². The van der Waals surface area contributed by atoms with Crippen molar-refractivity contribution in [1.82, 2.24) is 5.32 Å². The Kier molecular flexibility index (Phi) is 8.01. The van der Waals surface area contributed by atoms with Gasteiger partial charge < -0.3 is 25.3 Å². The molecule has 0 radical (unpaired) electrons. The first-order chi connectivity index (χ1) is 10.5. The number of hydrogen-bond acceptors (Lipinski definition) is 5. The molecular weight excluding hydrogens is 308 g/mol. The van der Waals surface area contributed by atoms with Crippen molar-refractivity contribution >= 4 is 17.5 Å². The van der Waals surface area contributed by atoms with Crippen molar-refractivity contribution < 1.29 is 19.0 Å². The number of amides is 1. The molecular formula is C15H23ClN2O4. The van der Waals surface area contributed by atoms with Gasteiger partial charge in [0.05, 0.1) is 12.1 Å². The summed E-state index contributed by atoms with van der Waals surface area (Å²) in [7, 11) is 3.20. The van der Waals surface area contributed by atoms with Gasteiger partial charge in [-0.25, -0.2) is 0 Å². The molecule has 6 nitrogen and oxygen atoms in total. The zero-order valence-corrected chi connectivity index (χ0v) is 13.9. The predicted molar refractivity (Wildman–Crippen MR) is 85.5 cm³/mol. The van der Waals surface area contributed by atoms with Crippen LogP contribution in [-0.2, 0) is 16.1 Å². The second-order valence-corrected chi connectivity index (χ2v) is 5.33. The van der Waals surface area contributed by atoms with Crippen LogP contribution in [0.15, 0.2) is 12.1 Å². The molecule has 1 aromatic rings. The largest absolute Gasteiger partial charge is 0.493 e. The summed E-state index contributed by atoms with van der Waals surface area (Å²) < 4.78 is 15.6. The summed E-state index contributed by atoms with van der Waals surface area (Å²) in [6.07, 6.45) is 0.918. The van der Waals surface area contributed by atoms with E-state index in [1.54, 1.807) is 13.2 Å². The molecule has 1 aromatic carbocycles. The third-order valence-electron chi connectivity index (χ3n) is 3.06. The van der Waals surface area contributed by atoms with Crippen LogP contribution in [0.5, 0.6) is 11.5 Å². The van der Waals surface area contributed by atoms with E-state index in [9.17, 15) is 4.79 Å². The third-order valence-corrected chi connectivity index (χ3v) is 3.34. The van der Waals surface area contributed by atoms with E-state index in [2.05, 4.69) is 12.2 Å². The average Bonchev–Trinajstić information content (AvgIpc) is 2.48. The number of methoxy groups -OCH3 is 2. The highest BCUT2D eigenvalue weighted by atomic mass is 35.5. The van der Waals surface area contributed by atoms with Crippen LogP contribution in [-0.4, -0.2) is 39.4 Å². The fourth-order valence-corrected chi connectivity index (χ4v) is 2.14. The summed E-state index contributed by atoms with van der Waals surface area (Å²) >= 11 is 6.19. The Balaban J connectivity index is 2.73. The van der Waals surface area contributed by atoms with E-state index in [4.69, 9.17) is 31.5 Å². The van der Waals surface area contributed by atoms with Crippen molar-refractivity contribution in [2.45, 2.75) is 25.9 Å². The number of nitrogens with two attached hydrogens (primary N) is 1. The van der Waals surface area contributed by atoms with Crippen LogP contribution in [0.3, 0.4) is 0 Å². The fraction of sp³-hybridized carbons (Fsp3) is 0.533. The molecule has 0 saturated heterocycles. The van der Waals surface area contributed by atoms with Gasteiger partial charge in [0.2, 0.25) is 0 Å². The molecule has 0 spiro atoms. The maximum absolute atomic E-state index is 10.8. The van der Waals surface area contributed by atoms with Crippen LogP contribution in [0, 0.1) is 0 Å². The zero-order chi connectivity index (χ0) is 16.5. The maximum atomic E-state index is 10.8. The Bertz CT molecular complexity index is 497. The molecule has 1 amide bonds. The van der Waals surface area contributed by atoms with E-state index in [0.29, 0.717) is 35.7 Å². The van der Waals surface area contributed by atoms with Crippen LogP contribution in [0.25, 0.3) is 0 Å². The lowest BCUT2D eigenvalue weighted by Crippen LogP contribution is -2.26. The summed E-state index contributed by atoms with van der Waals surface area (Å²) in [6.45, 7) is 3.18. The molecule has 0 bridgehead atoms. The highest BCUT2D eigenvalue weighted by Crippen LogP contribution is 2.36. The van der Waals surface area contributed by atoms with Crippen molar-refractivity contribution in [2.24, 2.45) is 5.73 Å². The lowest BCUT2D eigenvalue weighted by atomic mass is 10.1. The lowest BCUT2D eigenvalue weighted by Gasteiger charge is -2.16. The molecule has 0 saturated carbocycles. The Morgan fingerprint density at radius 3 is 2.73 bits per heavy atom. The van der Waals surface area contributed by atoms with Gasteiger partial charge in [-0.1, -0.05) is 11.6 Å². The third kappa shape index (κ3) is 6.09. The molecule has 3 N–H and O–H groups in total. The van der Waals surface area contributed by atoms with Crippen molar-refractivity contribution in [1.29, 1.82) is 0 Å². The number of carbonyl (C=O) groups excluding carboxylic acids is 1. The molecule has 0 aliphatic carbocycles. The maximum Gasteiger partial charge on any atom is 0.255 e. The van der Waals surface area contributed by atoms with Crippen molar-refractivity contribution in [3.63, 3.8) is 0 Å². The number of nitrogens with one attached hydrogen (secondary N) is 1. The Morgan fingerprint density at radius 1 is 1.41 bits per heavy atom. The van der Waals surface area contributed by atoms with Crippen molar-refractivity contribution in [3.05, 3.63) is 22.7 Å².